The van der Waals surface area contributed by atoms with Crippen LogP contribution in [-0.2, 0) is 4.74 Å². The fourth-order valence-corrected chi connectivity index (χ4v) is 2.64. The quantitative estimate of drug-likeness (QED) is 0.768. The maximum Gasteiger partial charge on any atom is 0.411 e. The summed E-state index contributed by atoms with van der Waals surface area (Å²) < 4.78 is 32.1. The van der Waals surface area contributed by atoms with Crippen molar-refractivity contribution < 1.29 is 23.4 Å². The van der Waals surface area contributed by atoms with Crippen molar-refractivity contribution in [3.05, 3.63) is 0 Å². The van der Waals surface area contributed by atoms with Crippen LogP contribution < -0.4 is 0 Å². The van der Waals surface area contributed by atoms with E-state index in [4.69, 9.17) is 4.74 Å². The van der Waals surface area contributed by atoms with Crippen LogP contribution in [0.1, 0.15) is 27.2 Å². The molecule has 1 heterocycles. The van der Waals surface area contributed by atoms with Gasteiger partial charge in [0.2, 0.25) is 0 Å². The largest absolute Gasteiger partial charge is 0.444 e. The second-order valence-electron chi connectivity index (χ2n) is 5.68. The Bertz CT molecular complexity index is 353. The van der Waals surface area contributed by atoms with Crippen LogP contribution in [0.3, 0.4) is 0 Å². The van der Waals surface area contributed by atoms with Gasteiger partial charge in [-0.2, -0.15) is 0 Å². The average molecular weight is 249 g/mol. The maximum atomic E-state index is 13.5. The Labute approximate surface area is 98.5 Å². The number of amides is 1. The van der Waals surface area contributed by atoms with Crippen LogP contribution in [-0.4, -0.2) is 46.3 Å². The van der Waals surface area contributed by atoms with E-state index in [1.807, 2.05) is 0 Å². The number of aliphatic hydroxyl groups excluding tert-OH is 1. The molecule has 1 aliphatic heterocycles. The van der Waals surface area contributed by atoms with Crippen LogP contribution in [0, 0.1) is 5.92 Å². The summed E-state index contributed by atoms with van der Waals surface area (Å²) in [7, 11) is 0. The first kappa shape index (κ1) is 12.5. The SMILES string of the molecule is CC(C)(C)OC(=O)N1CCC2C(F)(F)C21CO. The Balaban J connectivity index is 2.16. The molecule has 0 aromatic rings. The van der Waals surface area contributed by atoms with Crippen LogP contribution in [0.2, 0.25) is 0 Å². The summed E-state index contributed by atoms with van der Waals surface area (Å²) in [4.78, 5) is 12.8. The van der Waals surface area contributed by atoms with Gasteiger partial charge in [0.1, 0.15) is 11.1 Å². The van der Waals surface area contributed by atoms with E-state index in [0.29, 0.717) is 0 Å². The molecule has 0 aromatic heterocycles. The van der Waals surface area contributed by atoms with Gasteiger partial charge in [0.15, 0.2) is 0 Å². The van der Waals surface area contributed by atoms with Gasteiger partial charge in [-0.15, -0.1) is 0 Å². The average Bonchev–Trinajstić information content (AvgIpc) is 2.55. The second kappa shape index (κ2) is 3.31. The zero-order valence-corrected chi connectivity index (χ0v) is 10.2. The molecule has 0 spiro atoms. The molecule has 1 saturated heterocycles. The Morgan fingerprint density at radius 2 is 2.12 bits per heavy atom. The molecular formula is C11H17F2NO3. The first-order chi connectivity index (χ1) is 7.67. The number of rotatable bonds is 1. The van der Waals surface area contributed by atoms with Crippen molar-refractivity contribution in [3.8, 4) is 0 Å². The van der Waals surface area contributed by atoms with E-state index >= 15 is 0 Å². The number of hydrogen-bond acceptors (Lipinski definition) is 3. The van der Waals surface area contributed by atoms with Crippen molar-refractivity contribution in [2.45, 2.75) is 44.3 Å². The first-order valence-corrected chi connectivity index (χ1v) is 5.66. The number of ether oxygens (including phenoxy) is 1. The highest BCUT2D eigenvalue weighted by Crippen LogP contribution is 2.67. The summed E-state index contributed by atoms with van der Waals surface area (Å²) in [6.07, 6.45) is -0.557. The van der Waals surface area contributed by atoms with E-state index in [1.54, 1.807) is 20.8 Å². The summed E-state index contributed by atoms with van der Waals surface area (Å²) in [5.41, 5.74) is -2.44. The van der Waals surface area contributed by atoms with Crippen LogP contribution >= 0.6 is 0 Å². The van der Waals surface area contributed by atoms with E-state index in [1.165, 1.54) is 0 Å². The van der Waals surface area contributed by atoms with Gasteiger partial charge >= 0.3 is 6.09 Å². The molecule has 6 heteroatoms. The van der Waals surface area contributed by atoms with Gasteiger partial charge < -0.3 is 9.84 Å². The fraction of sp³-hybridized carbons (Fsp3) is 0.909. The van der Waals surface area contributed by atoms with E-state index in [2.05, 4.69) is 0 Å². The molecule has 2 aliphatic rings. The highest BCUT2D eigenvalue weighted by Gasteiger charge is 2.86. The summed E-state index contributed by atoms with van der Waals surface area (Å²) in [6.45, 7) is 4.53. The number of aliphatic hydroxyl groups is 1. The van der Waals surface area contributed by atoms with Crippen molar-refractivity contribution in [2.24, 2.45) is 5.92 Å². The molecule has 1 saturated carbocycles. The van der Waals surface area contributed by atoms with Gasteiger partial charge in [0.25, 0.3) is 5.92 Å². The molecule has 0 radical (unpaired) electrons. The van der Waals surface area contributed by atoms with Crippen molar-refractivity contribution in [1.82, 2.24) is 4.90 Å². The van der Waals surface area contributed by atoms with Gasteiger partial charge in [0.05, 0.1) is 12.5 Å². The number of carbonyl (C=O) groups excluding carboxylic acids is 1. The zero-order chi connectivity index (χ0) is 13.1. The monoisotopic (exact) mass is 249 g/mol. The number of hydrogen-bond donors (Lipinski definition) is 1. The van der Waals surface area contributed by atoms with Crippen LogP contribution in [0.4, 0.5) is 13.6 Å². The first-order valence-electron chi connectivity index (χ1n) is 5.66. The van der Waals surface area contributed by atoms with Crippen LogP contribution in [0.15, 0.2) is 0 Å². The summed E-state index contributed by atoms with van der Waals surface area (Å²) in [5, 5.41) is 9.19. The molecule has 2 unspecified atom stereocenters. The highest BCUT2D eigenvalue weighted by atomic mass is 19.3. The highest BCUT2D eigenvalue weighted by molar-refractivity contribution is 5.72. The van der Waals surface area contributed by atoms with E-state index in [0.717, 1.165) is 4.90 Å². The number of nitrogens with zero attached hydrogens (tertiary/aromatic N) is 1. The summed E-state index contributed by atoms with van der Waals surface area (Å²) >= 11 is 0. The third kappa shape index (κ3) is 1.53. The van der Waals surface area contributed by atoms with Crippen LogP contribution in [0.5, 0.6) is 0 Å². The lowest BCUT2D eigenvalue weighted by molar-refractivity contribution is -0.0310. The number of likely N-dealkylation sites (tertiary alicyclic amines) is 1. The molecule has 1 amide bonds. The Morgan fingerprint density at radius 3 is 2.53 bits per heavy atom. The predicted octanol–water partition coefficient (Wildman–Crippen LogP) is 1.62. The topological polar surface area (TPSA) is 49.8 Å². The number of alkyl halides is 2. The molecule has 4 nitrogen and oxygen atoms in total. The molecule has 17 heavy (non-hydrogen) atoms. The summed E-state index contributed by atoms with van der Waals surface area (Å²) in [6, 6.07) is 0. The van der Waals surface area contributed by atoms with Crippen molar-refractivity contribution in [2.75, 3.05) is 13.2 Å². The third-order valence-electron chi connectivity index (χ3n) is 3.49. The lowest BCUT2D eigenvalue weighted by Crippen LogP contribution is -2.48. The second-order valence-corrected chi connectivity index (χ2v) is 5.68. The smallest absolute Gasteiger partial charge is 0.411 e. The van der Waals surface area contributed by atoms with E-state index in [9.17, 15) is 18.7 Å². The Morgan fingerprint density at radius 1 is 1.53 bits per heavy atom. The number of carbonyl (C=O) groups is 1. The number of fused-ring (bicyclic) bond motifs is 1. The lowest BCUT2D eigenvalue weighted by atomic mass is 10.2. The number of piperidine rings is 1. The zero-order valence-electron chi connectivity index (χ0n) is 10.2. The van der Waals surface area contributed by atoms with E-state index < -0.39 is 35.7 Å². The predicted molar refractivity (Wildman–Crippen MR) is 55.8 cm³/mol. The minimum absolute atomic E-state index is 0.215. The molecule has 2 atom stereocenters. The van der Waals surface area contributed by atoms with Gasteiger partial charge in [-0.25, -0.2) is 13.6 Å². The molecule has 1 aliphatic carbocycles. The van der Waals surface area contributed by atoms with Crippen molar-refractivity contribution in [3.63, 3.8) is 0 Å². The van der Waals surface area contributed by atoms with Gasteiger partial charge in [-0.3, -0.25) is 4.90 Å². The minimum Gasteiger partial charge on any atom is -0.444 e. The molecule has 0 aromatic carbocycles. The van der Waals surface area contributed by atoms with Gasteiger partial charge in [-0.05, 0) is 27.2 Å². The standard InChI is InChI=1S/C11H17F2NO3/c1-9(2,3)17-8(16)14-5-4-7-10(14,6-15)11(7,12)13/h7,15H,4-6H2,1-3H3. The Hall–Kier alpha value is -0.910. The fourth-order valence-electron chi connectivity index (χ4n) is 2.64. The van der Waals surface area contributed by atoms with Crippen molar-refractivity contribution >= 4 is 6.09 Å². The normalized spacial score (nSPS) is 34.5. The molecular weight excluding hydrogens is 232 g/mol. The Kier molecular flexibility index (Phi) is 2.44. The van der Waals surface area contributed by atoms with Gasteiger partial charge in [-0.1, -0.05) is 0 Å². The third-order valence-corrected chi connectivity index (χ3v) is 3.49. The number of halogens is 2. The minimum atomic E-state index is -2.99. The van der Waals surface area contributed by atoms with E-state index in [-0.39, 0.29) is 13.0 Å². The van der Waals surface area contributed by atoms with Crippen LogP contribution in [0.25, 0.3) is 0 Å². The lowest BCUT2D eigenvalue weighted by Gasteiger charge is -2.30. The molecule has 98 valence electrons. The molecule has 1 N–H and O–H groups in total. The molecule has 2 rings (SSSR count). The summed E-state index contributed by atoms with van der Waals surface area (Å²) in [5.74, 6) is -3.91. The van der Waals surface area contributed by atoms with Crippen molar-refractivity contribution in [1.29, 1.82) is 0 Å². The molecule has 2 fully saturated rings. The van der Waals surface area contributed by atoms with Gasteiger partial charge in [0, 0.05) is 6.54 Å². The molecule has 0 bridgehead atoms. The maximum absolute atomic E-state index is 13.5.